The fraction of sp³-hybridized carbons (Fsp3) is 0.235. The van der Waals surface area contributed by atoms with Gasteiger partial charge in [0.2, 0.25) is 11.8 Å². The normalized spacial score (nSPS) is 10.2. The zero-order valence-electron chi connectivity index (χ0n) is 13.7. The van der Waals surface area contributed by atoms with E-state index in [0.717, 1.165) is 0 Å². The molecule has 2 rings (SSSR count). The summed E-state index contributed by atoms with van der Waals surface area (Å²) in [5.41, 5.74) is 0.481. The highest BCUT2D eigenvalue weighted by Gasteiger charge is 2.20. The molecule has 8 heteroatoms. The van der Waals surface area contributed by atoms with Crippen molar-refractivity contribution < 1.29 is 23.5 Å². The van der Waals surface area contributed by atoms with Crippen molar-refractivity contribution in [1.29, 1.82) is 0 Å². The molecule has 1 aromatic carbocycles. The molecule has 2 aromatic rings. The van der Waals surface area contributed by atoms with Gasteiger partial charge in [0.1, 0.15) is 12.3 Å². The number of amides is 2. The molecule has 132 valence electrons. The number of nitrogens with one attached hydrogen (secondary N) is 1. The van der Waals surface area contributed by atoms with Crippen LogP contribution in [0.5, 0.6) is 0 Å². The van der Waals surface area contributed by atoms with Crippen LogP contribution >= 0.6 is 11.6 Å². The van der Waals surface area contributed by atoms with Gasteiger partial charge in [0.05, 0.1) is 36.2 Å². The second-order valence-electron chi connectivity index (χ2n) is 5.12. The van der Waals surface area contributed by atoms with Crippen molar-refractivity contribution in [2.45, 2.75) is 13.5 Å². The summed E-state index contributed by atoms with van der Waals surface area (Å²) < 4.78 is 9.78. The minimum absolute atomic E-state index is 0.202. The van der Waals surface area contributed by atoms with E-state index in [2.05, 4.69) is 10.1 Å². The Morgan fingerprint density at radius 1 is 1.28 bits per heavy atom. The molecule has 0 aliphatic heterocycles. The quantitative estimate of drug-likeness (QED) is 0.795. The lowest BCUT2D eigenvalue weighted by Crippen LogP contribution is -2.39. The summed E-state index contributed by atoms with van der Waals surface area (Å²) in [6.45, 7) is 1.26. The van der Waals surface area contributed by atoms with E-state index in [4.69, 9.17) is 16.0 Å². The van der Waals surface area contributed by atoms with Gasteiger partial charge in [-0.3, -0.25) is 9.59 Å². The van der Waals surface area contributed by atoms with Gasteiger partial charge in [0, 0.05) is 6.92 Å². The van der Waals surface area contributed by atoms with Gasteiger partial charge < -0.3 is 19.4 Å². The Labute approximate surface area is 149 Å². The van der Waals surface area contributed by atoms with Gasteiger partial charge in [-0.25, -0.2) is 4.79 Å². The number of methoxy groups -OCH3 is 1. The van der Waals surface area contributed by atoms with Crippen LogP contribution in [0.4, 0.5) is 5.69 Å². The van der Waals surface area contributed by atoms with Gasteiger partial charge in [-0.05, 0) is 30.3 Å². The lowest BCUT2D eigenvalue weighted by molar-refractivity contribution is -0.123. The van der Waals surface area contributed by atoms with Gasteiger partial charge in [-0.1, -0.05) is 11.6 Å². The Bertz CT molecular complexity index is 773. The number of rotatable bonds is 6. The lowest BCUT2D eigenvalue weighted by atomic mass is 10.2. The highest BCUT2D eigenvalue weighted by molar-refractivity contribution is 6.34. The first-order valence-electron chi connectivity index (χ1n) is 7.37. The van der Waals surface area contributed by atoms with E-state index in [9.17, 15) is 14.4 Å². The van der Waals surface area contributed by atoms with Crippen LogP contribution in [-0.2, 0) is 20.9 Å². The van der Waals surface area contributed by atoms with E-state index in [-0.39, 0.29) is 29.4 Å². The van der Waals surface area contributed by atoms with E-state index < -0.39 is 17.8 Å². The standard InChI is InChI=1S/C17H17ClN2O5/c1-11(21)20(10-16(22)19-9-13-4-3-7-25-13)15-8-12(17(23)24-2)5-6-14(15)18/h3-8H,9-10H2,1-2H3,(H,19,22). The molecule has 2 amide bonds. The van der Waals surface area contributed by atoms with Crippen molar-refractivity contribution in [2.24, 2.45) is 0 Å². The zero-order valence-corrected chi connectivity index (χ0v) is 14.5. The maximum atomic E-state index is 12.1. The van der Waals surface area contributed by atoms with Crippen LogP contribution in [0.15, 0.2) is 41.0 Å². The smallest absolute Gasteiger partial charge is 0.337 e. The molecule has 0 saturated heterocycles. The summed E-state index contributed by atoms with van der Waals surface area (Å²) in [6, 6.07) is 7.79. The van der Waals surface area contributed by atoms with E-state index in [0.29, 0.717) is 5.76 Å². The molecule has 0 atom stereocenters. The number of ether oxygens (including phenoxy) is 1. The number of carbonyl (C=O) groups is 3. The molecule has 1 aromatic heterocycles. The first-order chi connectivity index (χ1) is 11.9. The molecule has 0 aliphatic carbocycles. The highest BCUT2D eigenvalue weighted by atomic mass is 35.5. The number of halogens is 1. The van der Waals surface area contributed by atoms with Crippen molar-refractivity contribution in [3.63, 3.8) is 0 Å². The summed E-state index contributed by atoms with van der Waals surface area (Å²) in [4.78, 5) is 37.0. The fourth-order valence-electron chi connectivity index (χ4n) is 2.13. The third-order valence-electron chi connectivity index (χ3n) is 3.38. The molecule has 1 N–H and O–H groups in total. The van der Waals surface area contributed by atoms with Crippen molar-refractivity contribution in [3.8, 4) is 0 Å². The maximum absolute atomic E-state index is 12.1. The Kier molecular flexibility index (Phi) is 6.19. The molecule has 0 radical (unpaired) electrons. The van der Waals surface area contributed by atoms with Crippen LogP contribution in [-0.4, -0.2) is 31.4 Å². The average molecular weight is 365 g/mol. The fourth-order valence-corrected chi connectivity index (χ4v) is 2.35. The van der Waals surface area contributed by atoms with E-state index in [1.807, 2.05) is 0 Å². The summed E-state index contributed by atoms with van der Waals surface area (Å²) >= 11 is 6.13. The van der Waals surface area contributed by atoms with Crippen LogP contribution < -0.4 is 10.2 Å². The monoisotopic (exact) mass is 364 g/mol. The van der Waals surface area contributed by atoms with Gasteiger partial charge in [-0.15, -0.1) is 0 Å². The Morgan fingerprint density at radius 3 is 2.64 bits per heavy atom. The molecule has 7 nitrogen and oxygen atoms in total. The first kappa shape index (κ1) is 18.5. The van der Waals surface area contributed by atoms with Crippen LogP contribution in [0.3, 0.4) is 0 Å². The summed E-state index contributed by atoms with van der Waals surface area (Å²) in [5, 5.41) is 2.88. The van der Waals surface area contributed by atoms with Gasteiger partial charge in [0.15, 0.2) is 0 Å². The topological polar surface area (TPSA) is 88.8 Å². The largest absolute Gasteiger partial charge is 0.467 e. The van der Waals surface area contributed by atoms with Crippen LogP contribution in [0, 0.1) is 0 Å². The molecule has 1 heterocycles. The maximum Gasteiger partial charge on any atom is 0.337 e. The SMILES string of the molecule is COC(=O)c1ccc(Cl)c(N(CC(=O)NCc2ccco2)C(C)=O)c1. The number of nitrogens with zero attached hydrogens (tertiary/aromatic N) is 1. The molecule has 0 bridgehead atoms. The van der Waals surface area contributed by atoms with Crippen molar-refractivity contribution in [2.75, 3.05) is 18.6 Å². The van der Waals surface area contributed by atoms with Gasteiger partial charge >= 0.3 is 5.97 Å². The predicted molar refractivity (Wildman–Crippen MR) is 91.4 cm³/mol. The number of furan rings is 1. The molecular formula is C17H17ClN2O5. The number of anilines is 1. The molecular weight excluding hydrogens is 348 g/mol. The Hall–Kier alpha value is -2.80. The molecule has 0 spiro atoms. The Balaban J connectivity index is 2.15. The second-order valence-corrected chi connectivity index (χ2v) is 5.53. The number of hydrogen-bond acceptors (Lipinski definition) is 5. The van der Waals surface area contributed by atoms with Crippen LogP contribution in [0.2, 0.25) is 5.02 Å². The highest BCUT2D eigenvalue weighted by Crippen LogP contribution is 2.27. The van der Waals surface area contributed by atoms with E-state index >= 15 is 0 Å². The summed E-state index contributed by atoms with van der Waals surface area (Å²) in [5.74, 6) is -0.764. The zero-order chi connectivity index (χ0) is 18.4. The minimum Gasteiger partial charge on any atom is -0.467 e. The van der Waals surface area contributed by atoms with Gasteiger partial charge in [0.25, 0.3) is 0 Å². The first-order valence-corrected chi connectivity index (χ1v) is 7.75. The summed E-state index contributed by atoms with van der Waals surface area (Å²) in [7, 11) is 1.25. The Morgan fingerprint density at radius 2 is 2.04 bits per heavy atom. The summed E-state index contributed by atoms with van der Waals surface area (Å²) in [6.07, 6.45) is 1.50. The number of benzene rings is 1. The third-order valence-corrected chi connectivity index (χ3v) is 3.70. The minimum atomic E-state index is -0.566. The third kappa shape index (κ3) is 4.84. The lowest BCUT2D eigenvalue weighted by Gasteiger charge is -2.22. The molecule has 0 fully saturated rings. The molecule has 25 heavy (non-hydrogen) atoms. The van der Waals surface area contributed by atoms with Crippen LogP contribution in [0.25, 0.3) is 0 Å². The van der Waals surface area contributed by atoms with Crippen molar-refractivity contribution in [3.05, 3.63) is 52.9 Å². The number of carbonyl (C=O) groups excluding carboxylic acids is 3. The van der Waals surface area contributed by atoms with Crippen molar-refractivity contribution in [1.82, 2.24) is 5.32 Å². The number of esters is 1. The second kappa shape index (κ2) is 8.34. The molecule has 0 saturated carbocycles. The van der Waals surface area contributed by atoms with E-state index in [1.165, 1.54) is 43.4 Å². The van der Waals surface area contributed by atoms with E-state index in [1.54, 1.807) is 12.1 Å². The number of hydrogen-bond donors (Lipinski definition) is 1. The molecule has 0 aliphatic rings. The van der Waals surface area contributed by atoms with Crippen molar-refractivity contribution >= 4 is 35.1 Å². The van der Waals surface area contributed by atoms with Gasteiger partial charge in [-0.2, -0.15) is 0 Å². The average Bonchev–Trinajstić information content (AvgIpc) is 3.11. The predicted octanol–water partition coefficient (Wildman–Crippen LogP) is 2.39. The van der Waals surface area contributed by atoms with Crippen LogP contribution in [0.1, 0.15) is 23.0 Å². The molecule has 0 unspecified atom stereocenters.